The van der Waals surface area contributed by atoms with Crippen molar-refractivity contribution in [2.45, 2.75) is 20.0 Å². The minimum Gasteiger partial charge on any atom is -0.490 e. The molecule has 1 saturated heterocycles. The summed E-state index contributed by atoms with van der Waals surface area (Å²) in [6.07, 6.45) is 3.45. The molecule has 3 aromatic rings. The number of anilines is 1. The topological polar surface area (TPSA) is 84.9 Å². The van der Waals surface area contributed by atoms with Crippen molar-refractivity contribution in [2.75, 3.05) is 11.5 Å². The monoisotopic (exact) mass is 578 g/mol. The Kier molecular flexibility index (Phi) is 8.38. The number of ether oxygens (including phenoxy) is 2. The summed E-state index contributed by atoms with van der Waals surface area (Å²) in [6.45, 7) is 5.89. The quantitative estimate of drug-likeness (QED) is 0.192. The lowest BCUT2D eigenvalue weighted by Gasteiger charge is -2.26. The molecule has 1 aliphatic rings. The van der Waals surface area contributed by atoms with E-state index in [1.165, 1.54) is 12.1 Å². The molecule has 1 heterocycles. The first kappa shape index (κ1) is 26.8. The molecule has 7 nitrogen and oxygen atoms in total. The first-order chi connectivity index (χ1) is 18.3. The van der Waals surface area contributed by atoms with Gasteiger partial charge in [0.25, 0.3) is 11.8 Å². The Balaban J connectivity index is 1.72. The summed E-state index contributed by atoms with van der Waals surface area (Å²) in [7, 11) is 0. The molecule has 0 unspecified atom stereocenters. The zero-order chi connectivity index (χ0) is 27.2. The molecule has 0 aromatic heterocycles. The summed E-state index contributed by atoms with van der Waals surface area (Å²) in [5, 5.41) is 2.22. The lowest BCUT2D eigenvalue weighted by molar-refractivity contribution is -0.122. The van der Waals surface area contributed by atoms with Crippen LogP contribution in [-0.4, -0.2) is 24.5 Å². The summed E-state index contributed by atoms with van der Waals surface area (Å²) in [6, 6.07) is 15.4. The molecule has 1 aliphatic heterocycles. The molecule has 0 atom stereocenters. The number of imide groups is 2. The van der Waals surface area contributed by atoms with Gasteiger partial charge in [0.15, 0.2) is 11.5 Å². The number of allylic oxidation sites excluding steroid dienone is 1. The Morgan fingerprint density at radius 3 is 2.45 bits per heavy atom. The largest absolute Gasteiger partial charge is 0.490 e. The van der Waals surface area contributed by atoms with Crippen LogP contribution in [-0.2, 0) is 22.6 Å². The van der Waals surface area contributed by atoms with Crippen LogP contribution in [0.5, 0.6) is 11.5 Å². The number of nitrogens with zero attached hydrogens (tertiary/aromatic N) is 1. The van der Waals surface area contributed by atoms with Gasteiger partial charge in [0.05, 0.1) is 12.3 Å². The standard InChI is InChI=1S/C29H24BrFN2O5/c1-3-7-19-14-18(16-25(37-4-2)26(19)38-17-20-8-5-6-9-24(20)31)15-23-27(34)32-29(36)33(28(23)35)22-12-10-21(30)11-13-22/h3,5-6,8-16H,1,4,7,17H2,2H3,(H,32,34,36)/b23-15+. The van der Waals surface area contributed by atoms with Crippen LogP contribution in [0.15, 0.2) is 83.4 Å². The zero-order valence-electron chi connectivity index (χ0n) is 20.5. The first-order valence-electron chi connectivity index (χ1n) is 11.8. The molecule has 3 aromatic carbocycles. The Morgan fingerprint density at radius 1 is 1.03 bits per heavy atom. The fourth-order valence-electron chi connectivity index (χ4n) is 3.91. The number of amides is 4. The lowest BCUT2D eigenvalue weighted by atomic mass is 10.0. The molecule has 194 valence electrons. The highest BCUT2D eigenvalue weighted by molar-refractivity contribution is 9.10. The number of carbonyl (C=O) groups is 3. The van der Waals surface area contributed by atoms with Crippen LogP contribution >= 0.6 is 15.9 Å². The van der Waals surface area contributed by atoms with Crippen LogP contribution in [0.25, 0.3) is 6.08 Å². The van der Waals surface area contributed by atoms with Gasteiger partial charge in [0.1, 0.15) is 18.0 Å². The molecular weight excluding hydrogens is 555 g/mol. The van der Waals surface area contributed by atoms with Gasteiger partial charge in [-0.3, -0.25) is 14.9 Å². The summed E-state index contributed by atoms with van der Waals surface area (Å²) in [5.74, 6) is -1.19. The van der Waals surface area contributed by atoms with Gasteiger partial charge < -0.3 is 9.47 Å². The van der Waals surface area contributed by atoms with E-state index in [1.807, 2.05) is 0 Å². The Labute approximate surface area is 227 Å². The predicted molar refractivity (Wildman–Crippen MR) is 145 cm³/mol. The minimum absolute atomic E-state index is 0.0253. The number of urea groups is 1. The Morgan fingerprint density at radius 2 is 1.76 bits per heavy atom. The average molecular weight is 579 g/mol. The molecule has 0 spiro atoms. The third-order valence-electron chi connectivity index (χ3n) is 5.65. The summed E-state index contributed by atoms with van der Waals surface area (Å²) < 4.78 is 26.7. The van der Waals surface area contributed by atoms with Crippen molar-refractivity contribution in [3.8, 4) is 11.5 Å². The highest BCUT2D eigenvalue weighted by atomic mass is 79.9. The second-order valence-corrected chi connectivity index (χ2v) is 9.16. The van der Waals surface area contributed by atoms with Gasteiger partial charge in [-0.25, -0.2) is 14.1 Å². The zero-order valence-corrected chi connectivity index (χ0v) is 22.1. The molecule has 0 radical (unpaired) electrons. The van der Waals surface area contributed by atoms with Crippen molar-refractivity contribution in [3.05, 3.63) is 106 Å². The van der Waals surface area contributed by atoms with Crippen molar-refractivity contribution < 1.29 is 28.2 Å². The van der Waals surface area contributed by atoms with Crippen LogP contribution < -0.4 is 19.7 Å². The van der Waals surface area contributed by atoms with Gasteiger partial charge in [-0.1, -0.05) is 40.2 Å². The van der Waals surface area contributed by atoms with Gasteiger partial charge in [0, 0.05) is 15.6 Å². The van der Waals surface area contributed by atoms with Crippen molar-refractivity contribution >= 4 is 45.5 Å². The number of nitrogens with one attached hydrogen (secondary N) is 1. The van der Waals surface area contributed by atoms with Gasteiger partial charge >= 0.3 is 6.03 Å². The van der Waals surface area contributed by atoms with E-state index in [0.717, 1.165) is 9.37 Å². The molecule has 0 bridgehead atoms. The summed E-state index contributed by atoms with van der Waals surface area (Å²) in [5.41, 5.74) is 1.62. The van der Waals surface area contributed by atoms with E-state index in [1.54, 1.807) is 67.6 Å². The fourth-order valence-corrected chi connectivity index (χ4v) is 4.18. The number of rotatable bonds is 9. The molecule has 4 amide bonds. The second-order valence-electron chi connectivity index (χ2n) is 8.25. The number of halogens is 2. The number of hydrogen-bond acceptors (Lipinski definition) is 5. The molecule has 38 heavy (non-hydrogen) atoms. The maximum absolute atomic E-state index is 14.2. The highest BCUT2D eigenvalue weighted by Gasteiger charge is 2.36. The van der Waals surface area contributed by atoms with E-state index in [2.05, 4.69) is 27.8 Å². The third-order valence-corrected chi connectivity index (χ3v) is 6.17. The molecule has 4 rings (SSSR count). The van der Waals surface area contributed by atoms with Crippen LogP contribution in [0.2, 0.25) is 0 Å². The van der Waals surface area contributed by atoms with Gasteiger partial charge in [-0.05, 0) is 67.4 Å². The van der Waals surface area contributed by atoms with Crippen molar-refractivity contribution in [1.29, 1.82) is 0 Å². The van der Waals surface area contributed by atoms with E-state index in [4.69, 9.17) is 9.47 Å². The Bertz CT molecular complexity index is 1440. The smallest absolute Gasteiger partial charge is 0.335 e. The van der Waals surface area contributed by atoms with E-state index in [0.29, 0.717) is 46.9 Å². The first-order valence-corrected chi connectivity index (χ1v) is 12.6. The molecule has 0 saturated carbocycles. The van der Waals surface area contributed by atoms with Gasteiger partial charge in [-0.2, -0.15) is 0 Å². The lowest BCUT2D eigenvalue weighted by Crippen LogP contribution is -2.54. The predicted octanol–water partition coefficient (Wildman–Crippen LogP) is 5.96. The number of benzene rings is 3. The highest BCUT2D eigenvalue weighted by Crippen LogP contribution is 2.36. The van der Waals surface area contributed by atoms with E-state index in [-0.39, 0.29) is 18.0 Å². The van der Waals surface area contributed by atoms with E-state index >= 15 is 0 Å². The van der Waals surface area contributed by atoms with E-state index < -0.39 is 17.8 Å². The molecule has 1 fully saturated rings. The molecular formula is C29H24BrFN2O5. The van der Waals surface area contributed by atoms with Crippen LogP contribution in [0, 0.1) is 5.82 Å². The summed E-state index contributed by atoms with van der Waals surface area (Å²) in [4.78, 5) is 39.3. The maximum atomic E-state index is 14.2. The number of carbonyl (C=O) groups excluding carboxylic acids is 3. The molecule has 9 heteroatoms. The van der Waals surface area contributed by atoms with Crippen LogP contribution in [0.4, 0.5) is 14.9 Å². The Hall–Kier alpha value is -4.24. The normalized spacial score (nSPS) is 14.4. The van der Waals surface area contributed by atoms with Crippen LogP contribution in [0.3, 0.4) is 0 Å². The maximum Gasteiger partial charge on any atom is 0.335 e. The fraction of sp³-hybridized carbons (Fsp3) is 0.138. The van der Waals surface area contributed by atoms with Crippen LogP contribution in [0.1, 0.15) is 23.6 Å². The van der Waals surface area contributed by atoms with Crippen molar-refractivity contribution in [1.82, 2.24) is 5.32 Å². The van der Waals surface area contributed by atoms with Crippen molar-refractivity contribution in [3.63, 3.8) is 0 Å². The minimum atomic E-state index is -0.835. The van der Waals surface area contributed by atoms with Crippen molar-refractivity contribution in [2.24, 2.45) is 0 Å². The SMILES string of the molecule is C=CCc1cc(/C=C2\C(=O)NC(=O)N(c3ccc(Br)cc3)C2=O)cc(OCC)c1OCc1ccccc1F. The molecule has 1 N–H and O–H groups in total. The third kappa shape index (κ3) is 5.84. The number of hydrogen-bond donors (Lipinski definition) is 1. The van der Waals surface area contributed by atoms with Gasteiger partial charge in [-0.15, -0.1) is 6.58 Å². The average Bonchev–Trinajstić information content (AvgIpc) is 2.88. The second kappa shape index (κ2) is 11.9. The summed E-state index contributed by atoms with van der Waals surface area (Å²) >= 11 is 3.32. The van der Waals surface area contributed by atoms with Gasteiger partial charge in [0.2, 0.25) is 0 Å². The molecule has 0 aliphatic carbocycles. The van der Waals surface area contributed by atoms with E-state index in [9.17, 15) is 18.8 Å². The number of barbiturate groups is 1.